The highest BCUT2D eigenvalue weighted by Gasteiger charge is 2.39. The minimum atomic E-state index is 0.229. The fourth-order valence-electron chi connectivity index (χ4n) is 2.54. The molecule has 14 heavy (non-hydrogen) atoms. The Hall–Kier alpha value is -0.0100. The van der Waals surface area contributed by atoms with Crippen molar-refractivity contribution in [1.29, 1.82) is 0 Å². The van der Waals surface area contributed by atoms with Crippen molar-refractivity contribution in [1.82, 2.24) is 0 Å². The lowest BCUT2D eigenvalue weighted by atomic mass is 9.79. The number of rotatable bonds is 2. The molecule has 1 aromatic rings. The van der Waals surface area contributed by atoms with Crippen molar-refractivity contribution >= 4 is 22.9 Å². The van der Waals surface area contributed by atoms with Gasteiger partial charge in [0.05, 0.1) is 5.38 Å². The lowest BCUT2D eigenvalue weighted by Crippen LogP contribution is -2.21. The van der Waals surface area contributed by atoms with Gasteiger partial charge in [0.25, 0.3) is 0 Å². The molecule has 1 saturated carbocycles. The van der Waals surface area contributed by atoms with Crippen LogP contribution in [0.5, 0.6) is 0 Å². The molecular formula is C12H17ClS. The maximum atomic E-state index is 6.55. The summed E-state index contributed by atoms with van der Waals surface area (Å²) in [7, 11) is 0. The summed E-state index contributed by atoms with van der Waals surface area (Å²) >= 11 is 8.34. The third kappa shape index (κ3) is 1.85. The average Bonchev–Trinajstić information content (AvgIpc) is 2.71. The Kier molecular flexibility index (Phi) is 2.90. The molecular weight excluding hydrogens is 212 g/mol. The van der Waals surface area contributed by atoms with Gasteiger partial charge in [0.15, 0.2) is 0 Å². The van der Waals surface area contributed by atoms with E-state index < -0.39 is 0 Å². The summed E-state index contributed by atoms with van der Waals surface area (Å²) in [5.41, 5.74) is 0.427. The van der Waals surface area contributed by atoms with Crippen molar-refractivity contribution in [3.8, 4) is 0 Å². The Morgan fingerprint density at radius 3 is 2.86 bits per heavy atom. The van der Waals surface area contributed by atoms with Crippen LogP contribution in [0.2, 0.25) is 0 Å². The summed E-state index contributed by atoms with van der Waals surface area (Å²) in [5, 5.41) is 2.35. The average molecular weight is 229 g/mol. The number of hydrogen-bond acceptors (Lipinski definition) is 1. The molecule has 2 unspecified atom stereocenters. The van der Waals surface area contributed by atoms with Gasteiger partial charge in [-0.15, -0.1) is 22.9 Å². The van der Waals surface area contributed by atoms with Gasteiger partial charge in [0, 0.05) is 4.88 Å². The normalized spacial score (nSPS) is 27.8. The highest BCUT2D eigenvalue weighted by molar-refractivity contribution is 7.10. The minimum Gasteiger partial charge on any atom is -0.147 e. The molecule has 1 aliphatic rings. The number of alkyl halides is 1. The van der Waals surface area contributed by atoms with Crippen LogP contribution >= 0.6 is 22.9 Å². The molecule has 0 radical (unpaired) electrons. The van der Waals surface area contributed by atoms with Gasteiger partial charge >= 0.3 is 0 Å². The predicted molar refractivity (Wildman–Crippen MR) is 64.0 cm³/mol. The van der Waals surface area contributed by atoms with Gasteiger partial charge in [-0.25, -0.2) is 0 Å². The number of hydrogen-bond donors (Lipinski definition) is 0. The van der Waals surface area contributed by atoms with E-state index in [-0.39, 0.29) is 5.38 Å². The van der Waals surface area contributed by atoms with E-state index in [4.69, 9.17) is 11.6 Å². The van der Waals surface area contributed by atoms with Crippen LogP contribution in [0, 0.1) is 11.3 Å². The molecule has 2 rings (SSSR count). The minimum absolute atomic E-state index is 0.229. The van der Waals surface area contributed by atoms with Crippen molar-refractivity contribution < 1.29 is 0 Å². The summed E-state index contributed by atoms with van der Waals surface area (Å²) in [6.07, 6.45) is 3.96. The molecule has 1 aromatic heterocycles. The molecule has 1 heterocycles. The summed E-state index contributed by atoms with van der Waals surface area (Å²) in [6, 6.07) is 4.26. The van der Waals surface area contributed by atoms with Gasteiger partial charge < -0.3 is 0 Å². The summed E-state index contributed by atoms with van der Waals surface area (Å²) in [4.78, 5) is 1.34. The van der Waals surface area contributed by atoms with Crippen molar-refractivity contribution in [3.05, 3.63) is 22.4 Å². The fourth-order valence-corrected chi connectivity index (χ4v) is 4.00. The van der Waals surface area contributed by atoms with Gasteiger partial charge in [-0.3, -0.25) is 0 Å². The molecule has 1 aliphatic carbocycles. The van der Waals surface area contributed by atoms with Gasteiger partial charge in [0.2, 0.25) is 0 Å². The number of thiophene rings is 1. The Balaban J connectivity index is 2.16. The fraction of sp³-hybridized carbons (Fsp3) is 0.667. The molecule has 0 nitrogen and oxygen atoms in total. The predicted octanol–water partition coefficient (Wildman–Crippen LogP) is 4.85. The smallest absolute Gasteiger partial charge is 0.0711 e. The molecule has 0 bridgehead atoms. The van der Waals surface area contributed by atoms with Crippen LogP contribution in [0.1, 0.15) is 43.4 Å². The monoisotopic (exact) mass is 228 g/mol. The summed E-state index contributed by atoms with van der Waals surface area (Å²) in [5.74, 6) is 0.655. The van der Waals surface area contributed by atoms with E-state index in [0.717, 1.165) is 0 Å². The Labute approximate surface area is 95.3 Å². The molecule has 0 saturated heterocycles. The Morgan fingerprint density at radius 2 is 2.36 bits per heavy atom. The maximum Gasteiger partial charge on any atom is 0.0711 e. The third-order valence-corrected chi connectivity index (χ3v) is 5.13. The van der Waals surface area contributed by atoms with Crippen molar-refractivity contribution in [3.63, 3.8) is 0 Å². The molecule has 0 aromatic carbocycles. The first kappa shape index (κ1) is 10.5. The second-order valence-electron chi connectivity index (χ2n) is 4.90. The molecule has 1 fully saturated rings. The van der Waals surface area contributed by atoms with Gasteiger partial charge in [-0.05, 0) is 35.6 Å². The van der Waals surface area contributed by atoms with E-state index in [2.05, 4.69) is 31.4 Å². The first-order chi connectivity index (χ1) is 6.61. The summed E-state index contributed by atoms with van der Waals surface area (Å²) < 4.78 is 0. The second-order valence-corrected chi connectivity index (χ2v) is 6.35. The Morgan fingerprint density at radius 1 is 1.57 bits per heavy atom. The van der Waals surface area contributed by atoms with Crippen molar-refractivity contribution in [2.75, 3.05) is 0 Å². The van der Waals surface area contributed by atoms with E-state index in [1.807, 2.05) is 0 Å². The highest BCUT2D eigenvalue weighted by atomic mass is 35.5. The zero-order chi connectivity index (χ0) is 10.2. The molecule has 2 atom stereocenters. The zero-order valence-electron chi connectivity index (χ0n) is 8.79. The second kappa shape index (κ2) is 3.86. The number of halogens is 1. The quantitative estimate of drug-likeness (QED) is 0.635. The van der Waals surface area contributed by atoms with E-state index >= 15 is 0 Å². The molecule has 0 aliphatic heterocycles. The van der Waals surface area contributed by atoms with Crippen LogP contribution in [-0.2, 0) is 0 Å². The Bertz CT molecular complexity index is 289. The maximum absolute atomic E-state index is 6.55. The topological polar surface area (TPSA) is 0 Å². The lowest BCUT2D eigenvalue weighted by Gasteiger charge is -2.30. The standard InChI is InChI=1S/C12H17ClS/c1-12(2)7-3-5-9(12)11(13)10-6-4-8-14-10/h4,6,8-9,11H,3,5,7H2,1-2H3. The van der Waals surface area contributed by atoms with Crippen molar-refractivity contribution in [2.45, 2.75) is 38.5 Å². The van der Waals surface area contributed by atoms with E-state index in [1.165, 1.54) is 24.1 Å². The van der Waals surface area contributed by atoms with E-state index in [9.17, 15) is 0 Å². The van der Waals surface area contributed by atoms with Gasteiger partial charge in [0.1, 0.15) is 0 Å². The van der Waals surface area contributed by atoms with E-state index in [0.29, 0.717) is 11.3 Å². The van der Waals surface area contributed by atoms with Crippen LogP contribution in [0.3, 0.4) is 0 Å². The lowest BCUT2D eigenvalue weighted by molar-refractivity contribution is 0.253. The van der Waals surface area contributed by atoms with Gasteiger partial charge in [-0.2, -0.15) is 0 Å². The SMILES string of the molecule is CC1(C)CCCC1C(Cl)c1cccs1. The third-order valence-electron chi connectivity index (χ3n) is 3.51. The van der Waals surface area contributed by atoms with Crippen molar-refractivity contribution in [2.24, 2.45) is 11.3 Å². The molecule has 0 spiro atoms. The molecule has 2 heteroatoms. The zero-order valence-corrected chi connectivity index (χ0v) is 10.4. The van der Waals surface area contributed by atoms with Crippen LogP contribution in [0.25, 0.3) is 0 Å². The largest absolute Gasteiger partial charge is 0.147 e. The molecule has 0 N–H and O–H groups in total. The molecule has 78 valence electrons. The first-order valence-electron chi connectivity index (χ1n) is 5.29. The van der Waals surface area contributed by atoms with Crippen LogP contribution in [-0.4, -0.2) is 0 Å². The highest BCUT2D eigenvalue weighted by Crippen LogP contribution is 2.51. The first-order valence-corrected chi connectivity index (χ1v) is 6.60. The summed E-state index contributed by atoms with van der Waals surface area (Å²) in [6.45, 7) is 4.71. The van der Waals surface area contributed by atoms with Crippen LogP contribution in [0.4, 0.5) is 0 Å². The van der Waals surface area contributed by atoms with E-state index in [1.54, 1.807) is 11.3 Å². The van der Waals surface area contributed by atoms with Gasteiger partial charge in [-0.1, -0.05) is 26.3 Å². The van der Waals surface area contributed by atoms with Crippen LogP contribution < -0.4 is 0 Å². The molecule has 0 amide bonds. The van der Waals surface area contributed by atoms with Crippen LogP contribution in [0.15, 0.2) is 17.5 Å².